The van der Waals surface area contributed by atoms with E-state index in [0.717, 1.165) is 41.7 Å². The van der Waals surface area contributed by atoms with E-state index >= 15 is 0 Å². The van der Waals surface area contributed by atoms with Crippen molar-refractivity contribution in [1.82, 2.24) is 9.88 Å². The molecule has 4 heteroatoms. The van der Waals surface area contributed by atoms with E-state index < -0.39 is 6.10 Å². The number of fused-ring (bicyclic) bond motifs is 4. The number of benzene rings is 1. The monoisotopic (exact) mass is 324 g/mol. The number of nitrogens with zero attached hydrogens (tertiary/aromatic N) is 2. The highest BCUT2D eigenvalue weighted by Gasteiger charge is 2.40. The third-order valence-corrected chi connectivity index (χ3v) is 5.71. The number of rotatable bonds is 3. The van der Waals surface area contributed by atoms with E-state index in [1.54, 1.807) is 13.3 Å². The Bertz CT molecular complexity index is 786. The van der Waals surface area contributed by atoms with Gasteiger partial charge >= 0.3 is 0 Å². The topological polar surface area (TPSA) is 45.6 Å². The lowest BCUT2D eigenvalue weighted by Gasteiger charge is -2.48. The van der Waals surface area contributed by atoms with Crippen molar-refractivity contribution in [1.29, 1.82) is 0 Å². The number of methoxy groups -OCH3 is 1. The van der Waals surface area contributed by atoms with Crippen LogP contribution in [0.15, 0.2) is 42.1 Å². The molecular weight excluding hydrogens is 300 g/mol. The highest BCUT2D eigenvalue weighted by atomic mass is 16.5. The van der Waals surface area contributed by atoms with E-state index in [4.69, 9.17) is 4.74 Å². The van der Waals surface area contributed by atoms with E-state index in [1.165, 1.54) is 12.0 Å². The largest absolute Gasteiger partial charge is 0.497 e. The molecule has 3 aliphatic rings. The van der Waals surface area contributed by atoms with Gasteiger partial charge in [0.2, 0.25) is 0 Å². The molecule has 1 aromatic heterocycles. The van der Waals surface area contributed by atoms with Gasteiger partial charge in [0.25, 0.3) is 0 Å². The zero-order valence-electron chi connectivity index (χ0n) is 14.3. The van der Waals surface area contributed by atoms with E-state index in [2.05, 4.69) is 22.9 Å². The summed E-state index contributed by atoms with van der Waals surface area (Å²) in [7, 11) is 1.66. The quantitative estimate of drug-likeness (QED) is 0.880. The van der Waals surface area contributed by atoms with Gasteiger partial charge in [0.15, 0.2) is 0 Å². The van der Waals surface area contributed by atoms with Crippen LogP contribution < -0.4 is 4.74 Å². The first-order valence-corrected chi connectivity index (χ1v) is 8.71. The average molecular weight is 324 g/mol. The Hall–Kier alpha value is -1.91. The van der Waals surface area contributed by atoms with Crippen molar-refractivity contribution in [3.8, 4) is 5.75 Å². The fourth-order valence-electron chi connectivity index (χ4n) is 4.34. The molecule has 24 heavy (non-hydrogen) atoms. The van der Waals surface area contributed by atoms with Gasteiger partial charge in [-0.3, -0.25) is 9.88 Å². The Balaban J connectivity index is 1.70. The maximum absolute atomic E-state index is 11.2. The number of piperidine rings is 3. The van der Waals surface area contributed by atoms with Crippen LogP contribution in [0.2, 0.25) is 0 Å². The maximum Gasteiger partial charge on any atom is 0.119 e. The number of aliphatic hydroxyl groups excluding tert-OH is 1. The number of aliphatic hydroxyl groups is 1. The standard InChI is InChI=1S/C20H24N2O2/c1-3-13-12-22-9-7-14(13)10-19(22)20(23)16-6-8-21-18-5-4-15(24-2)11-17(16)18/h3-6,8,11,14,19-20,23H,7,9-10,12H2,1-2H3/t14?,19-,20+/m0/s1. The van der Waals surface area contributed by atoms with Crippen molar-refractivity contribution < 1.29 is 9.84 Å². The van der Waals surface area contributed by atoms with Crippen molar-refractivity contribution in [2.45, 2.75) is 31.9 Å². The normalized spacial score (nSPS) is 29.1. The van der Waals surface area contributed by atoms with Crippen LogP contribution in [0.1, 0.15) is 31.4 Å². The van der Waals surface area contributed by atoms with Crippen LogP contribution in [-0.4, -0.2) is 41.2 Å². The SMILES string of the molecule is CC=C1CN2CCC1C[C@H]2[C@H](O)c1ccnc2ccc(OC)cc12. The Morgan fingerprint density at radius 3 is 2.96 bits per heavy atom. The Morgan fingerprint density at radius 1 is 1.38 bits per heavy atom. The van der Waals surface area contributed by atoms with Crippen LogP contribution in [0, 0.1) is 5.92 Å². The molecule has 0 amide bonds. The number of hydrogen-bond acceptors (Lipinski definition) is 4. The van der Waals surface area contributed by atoms with Crippen molar-refractivity contribution in [3.63, 3.8) is 0 Å². The lowest BCUT2D eigenvalue weighted by molar-refractivity contribution is -0.00340. The molecule has 2 unspecified atom stereocenters. The van der Waals surface area contributed by atoms with Crippen molar-refractivity contribution in [2.75, 3.05) is 20.2 Å². The number of aromatic nitrogens is 1. The molecule has 0 spiro atoms. The predicted molar refractivity (Wildman–Crippen MR) is 95.1 cm³/mol. The second-order valence-electron chi connectivity index (χ2n) is 6.85. The molecule has 4 nitrogen and oxygen atoms in total. The van der Waals surface area contributed by atoms with Gasteiger partial charge in [-0.2, -0.15) is 0 Å². The highest BCUT2D eigenvalue weighted by molar-refractivity contribution is 5.83. The van der Waals surface area contributed by atoms with Crippen LogP contribution in [0.5, 0.6) is 5.75 Å². The van der Waals surface area contributed by atoms with E-state index in [-0.39, 0.29) is 6.04 Å². The zero-order chi connectivity index (χ0) is 16.7. The molecule has 2 bridgehead atoms. The molecular formula is C20H24N2O2. The van der Waals surface area contributed by atoms with E-state index in [9.17, 15) is 5.11 Å². The maximum atomic E-state index is 11.2. The van der Waals surface area contributed by atoms with Gasteiger partial charge in [0.1, 0.15) is 5.75 Å². The highest BCUT2D eigenvalue weighted by Crippen LogP contribution is 2.41. The molecule has 5 rings (SSSR count). The fraction of sp³-hybridized carbons (Fsp3) is 0.450. The van der Waals surface area contributed by atoms with Crippen LogP contribution in [0.4, 0.5) is 0 Å². The summed E-state index contributed by atoms with van der Waals surface area (Å²) in [6.45, 7) is 4.20. The van der Waals surface area contributed by atoms with Gasteiger partial charge in [-0.15, -0.1) is 0 Å². The third-order valence-electron chi connectivity index (χ3n) is 5.71. The van der Waals surface area contributed by atoms with Gasteiger partial charge in [-0.05, 0) is 62.1 Å². The average Bonchev–Trinajstić information content (AvgIpc) is 2.66. The van der Waals surface area contributed by atoms with E-state index in [1.807, 2.05) is 24.3 Å². The lowest BCUT2D eigenvalue weighted by atomic mass is 9.76. The zero-order valence-corrected chi connectivity index (χ0v) is 14.3. The van der Waals surface area contributed by atoms with Gasteiger partial charge in [-0.1, -0.05) is 11.6 Å². The van der Waals surface area contributed by atoms with Gasteiger partial charge in [0, 0.05) is 24.2 Å². The minimum absolute atomic E-state index is 0.184. The Labute approximate surface area is 142 Å². The summed E-state index contributed by atoms with van der Waals surface area (Å²) in [6, 6.07) is 7.98. The molecule has 1 aromatic carbocycles. The molecule has 126 valence electrons. The molecule has 3 fully saturated rings. The van der Waals surface area contributed by atoms with Crippen molar-refractivity contribution >= 4 is 10.9 Å². The number of pyridine rings is 1. The lowest BCUT2D eigenvalue weighted by Crippen LogP contribution is -2.52. The smallest absolute Gasteiger partial charge is 0.119 e. The fourth-order valence-corrected chi connectivity index (χ4v) is 4.34. The molecule has 0 saturated carbocycles. The first kappa shape index (κ1) is 15.6. The second-order valence-corrected chi connectivity index (χ2v) is 6.85. The summed E-state index contributed by atoms with van der Waals surface area (Å²) < 4.78 is 5.35. The molecule has 1 N–H and O–H groups in total. The van der Waals surface area contributed by atoms with Gasteiger partial charge in [-0.25, -0.2) is 0 Å². The van der Waals surface area contributed by atoms with Gasteiger partial charge in [0.05, 0.1) is 18.7 Å². The first-order chi connectivity index (χ1) is 11.7. The van der Waals surface area contributed by atoms with E-state index in [0.29, 0.717) is 5.92 Å². The third kappa shape index (κ3) is 2.50. The summed E-state index contributed by atoms with van der Waals surface area (Å²) in [5.41, 5.74) is 3.39. The van der Waals surface area contributed by atoms with Crippen LogP contribution in [0.25, 0.3) is 10.9 Å². The number of allylic oxidation sites excluding steroid dienone is 1. The molecule has 2 aromatic rings. The molecule has 0 radical (unpaired) electrons. The van der Waals surface area contributed by atoms with Crippen molar-refractivity contribution in [3.05, 3.63) is 47.7 Å². The van der Waals surface area contributed by atoms with Crippen LogP contribution in [-0.2, 0) is 0 Å². The first-order valence-electron chi connectivity index (χ1n) is 8.71. The summed E-state index contributed by atoms with van der Waals surface area (Å²) in [6.07, 6.45) is 5.80. The predicted octanol–water partition coefficient (Wildman–Crippen LogP) is 3.32. The Kier molecular flexibility index (Phi) is 4.02. The minimum atomic E-state index is -0.496. The van der Waals surface area contributed by atoms with Crippen LogP contribution in [0.3, 0.4) is 0 Å². The summed E-state index contributed by atoms with van der Waals surface area (Å²) in [5.74, 6) is 1.42. The molecule has 4 atom stereocenters. The van der Waals surface area contributed by atoms with Gasteiger partial charge < -0.3 is 9.84 Å². The number of hydrogen-bond donors (Lipinski definition) is 1. The Morgan fingerprint density at radius 2 is 2.25 bits per heavy atom. The van der Waals surface area contributed by atoms with Crippen LogP contribution >= 0.6 is 0 Å². The summed E-state index contributed by atoms with van der Waals surface area (Å²) in [5, 5.41) is 12.1. The molecule has 0 aliphatic carbocycles. The van der Waals surface area contributed by atoms with Crippen molar-refractivity contribution in [2.24, 2.45) is 5.92 Å². The summed E-state index contributed by atoms with van der Waals surface area (Å²) >= 11 is 0. The molecule has 4 heterocycles. The number of ether oxygens (including phenoxy) is 1. The minimum Gasteiger partial charge on any atom is -0.497 e. The second kappa shape index (κ2) is 6.19. The molecule has 3 saturated heterocycles. The molecule has 3 aliphatic heterocycles. The summed E-state index contributed by atoms with van der Waals surface area (Å²) in [4.78, 5) is 6.87.